The van der Waals surface area contributed by atoms with Gasteiger partial charge in [0.1, 0.15) is 5.75 Å². The summed E-state index contributed by atoms with van der Waals surface area (Å²) in [7, 11) is 1.32. The second-order valence-corrected chi connectivity index (χ2v) is 6.21. The van der Waals surface area contributed by atoms with Crippen molar-refractivity contribution in [3.05, 3.63) is 52.1 Å². The Morgan fingerprint density at radius 2 is 1.71 bits per heavy atom. The van der Waals surface area contributed by atoms with Crippen LogP contribution in [0.5, 0.6) is 17.2 Å². The largest absolute Gasteiger partial charge is 0.494 e. The number of ether oxygens (including phenoxy) is 4. The van der Waals surface area contributed by atoms with Crippen LogP contribution in [-0.4, -0.2) is 43.2 Å². The molecule has 166 valence electrons. The van der Waals surface area contributed by atoms with Gasteiger partial charge < -0.3 is 24.3 Å². The molecule has 31 heavy (non-hydrogen) atoms. The number of nitrogens with one attached hydrogen (secondary N) is 1. The van der Waals surface area contributed by atoms with Crippen molar-refractivity contribution in [2.24, 2.45) is 0 Å². The smallest absolute Gasteiger partial charge is 0.339 e. The molecule has 2 rings (SSSR count). The fraction of sp³-hybridized carbons (Fsp3) is 0.333. The van der Waals surface area contributed by atoms with Crippen molar-refractivity contribution in [3.8, 4) is 17.2 Å². The fourth-order valence-corrected chi connectivity index (χ4v) is 2.59. The zero-order chi connectivity index (χ0) is 23.0. The lowest BCUT2D eigenvalue weighted by Crippen LogP contribution is -2.30. The molecule has 0 saturated heterocycles. The first kappa shape index (κ1) is 23.5. The van der Waals surface area contributed by atoms with Crippen molar-refractivity contribution in [1.82, 2.24) is 0 Å². The van der Waals surface area contributed by atoms with Gasteiger partial charge in [0, 0.05) is 6.07 Å². The van der Waals surface area contributed by atoms with Crippen molar-refractivity contribution >= 4 is 23.3 Å². The number of methoxy groups -OCH3 is 1. The number of hydrogen-bond acceptors (Lipinski definition) is 8. The summed E-state index contributed by atoms with van der Waals surface area (Å²) in [5.74, 6) is -0.351. The maximum atomic E-state index is 12.5. The number of benzene rings is 2. The molecule has 0 spiro atoms. The Morgan fingerprint density at radius 1 is 1.03 bits per heavy atom. The summed E-state index contributed by atoms with van der Waals surface area (Å²) in [6.07, 6.45) is -1.14. The first-order valence-corrected chi connectivity index (χ1v) is 9.54. The first-order valence-electron chi connectivity index (χ1n) is 9.54. The third-order valence-corrected chi connectivity index (χ3v) is 4.09. The van der Waals surface area contributed by atoms with Crippen LogP contribution in [0.1, 0.15) is 31.1 Å². The van der Waals surface area contributed by atoms with Gasteiger partial charge in [-0.3, -0.25) is 14.9 Å². The van der Waals surface area contributed by atoms with E-state index in [9.17, 15) is 19.7 Å². The normalized spacial score (nSPS) is 11.2. The highest BCUT2D eigenvalue weighted by Gasteiger charge is 2.22. The Bertz CT molecular complexity index is 960. The lowest BCUT2D eigenvalue weighted by Gasteiger charge is -2.16. The third-order valence-electron chi connectivity index (χ3n) is 4.09. The molecule has 0 saturated carbocycles. The van der Waals surface area contributed by atoms with E-state index in [1.807, 2.05) is 6.92 Å². The number of nitro benzene ring substituents is 1. The molecule has 0 aliphatic heterocycles. The van der Waals surface area contributed by atoms with E-state index >= 15 is 0 Å². The molecule has 0 heterocycles. The topological polar surface area (TPSA) is 126 Å². The second kappa shape index (κ2) is 10.8. The summed E-state index contributed by atoms with van der Waals surface area (Å²) in [5.41, 5.74) is 0.218. The monoisotopic (exact) mass is 432 g/mol. The molecule has 10 heteroatoms. The zero-order valence-corrected chi connectivity index (χ0v) is 17.7. The van der Waals surface area contributed by atoms with E-state index in [0.717, 1.165) is 0 Å². The average Bonchev–Trinajstić information content (AvgIpc) is 2.75. The number of carbonyl (C=O) groups is 2. The molecule has 1 N–H and O–H groups in total. The molecule has 0 bridgehead atoms. The van der Waals surface area contributed by atoms with Gasteiger partial charge in [-0.2, -0.15) is 0 Å². The Balaban J connectivity index is 2.10. The highest BCUT2D eigenvalue weighted by atomic mass is 16.6. The summed E-state index contributed by atoms with van der Waals surface area (Å²) in [4.78, 5) is 35.2. The quantitative estimate of drug-likeness (QED) is 0.343. The summed E-state index contributed by atoms with van der Waals surface area (Å²) < 4.78 is 21.3. The molecular formula is C21H24N2O8. The molecule has 2 aromatic rings. The number of anilines is 1. The Morgan fingerprint density at radius 3 is 2.32 bits per heavy atom. The summed E-state index contributed by atoms with van der Waals surface area (Å²) >= 11 is 0. The van der Waals surface area contributed by atoms with Crippen LogP contribution in [0.4, 0.5) is 11.4 Å². The molecule has 0 radical (unpaired) electrons. The zero-order valence-electron chi connectivity index (χ0n) is 17.7. The van der Waals surface area contributed by atoms with E-state index in [4.69, 9.17) is 18.9 Å². The molecule has 1 amide bonds. The van der Waals surface area contributed by atoms with Crippen LogP contribution in [0.2, 0.25) is 0 Å². The average molecular weight is 432 g/mol. The van der Waals surface area contributed by atoms with Crippen LogP contribution in [0.25, 0.3) is 0 Å². The van der Waals surface area contributed by atoms with Gasteiger partial charge in [-0.25, -0.2) is 4.79 Å². The molecule has 0 unspecified atom stereocenters. The van der Waals surface area contributed by atoms with E-state index in [0.29, 0.717) is 24.7 Å². The number of esters is 1. The highest BCUT2D eigenvalue weighted by Crippen LogP contribution is 2.30. The van der Waals surface area contributed by atoms with Crippen LogP contribution >= 0.6 is 0 Å². The van der Waals surface area contributed by atoms with E-state index < -0.39 is 22.9 Å². The van der Waals surface area contributed by atoms with Gasteiger partial charge in [0.25, 0.3) is 11.6 Å². The Labute approximate surface area is 179 Å². The third kappa shape index (κ3) is 6.08. The minimum Gasteiger partial charge on any atom is -0.494 e. The molecule has 2 aromatic carbocycles. The molecule has 0 aliphatic carbocycles. The molecular weight excluding hydrogens is 408 g/mol. The van der Waals surface area contributed by atoms with Crippen LogP contribution in [0, 0.1) is 10.1 Å². The lowest BCUT2D eigenvalue weighted by molar-refractivity contribution is -0.384. The van der Waals surface area contributed by atoms with Crippen LogP contribution in [0.15, 0.2) is 36.4 Å². The number of hydrogen-bond donors (Lipinski definition) is 1. The molecule has 0 aromatic heterocycles. The lowest BCUT2D eigenvalue weighted by atomic mass is 10.2. The number of nitro groups is 1. The predicted molar refractivity (Wildman–Crippen MR) is 112 cm³/mol. The number of amides is 1. The molecule has 1 atom stereocenters. The Hall–Kier alpha value is -3.82. The number of rotatable bonds is 10. The van der Waals surface area contributed by atoms with Crippen molar-refractivity contribution in [2.75, 3.05) is 25.6 Å². The van der Waals surface area contributed by atoms with Gasteiger partial charge in [0.2, 0.25) is 0 Å². The van der Waals surface area contributed by atoms with Crippen molar-refractivity contribution in [2.45, 2.75) is 26.9 Å². The number of carbonyl (C=O) groups excluding carboxylic acids is 2. The van der Waals surface area contributed by atoms with Gasteiger partial charge in [-0.05, 0) is 45.0 Å². The standard InChI is InChI=1S/C21H24N2O8/c1-5-29-17-10-7-14(11-19(17)30-6-2)21(25)31-13(3)20(24)22-16-9-8-15(23(26)27)12-18(16)28-4/h7-13H,5-6H2,1-4H3,(H,22,24)/t13-/m1/s1. The summed E-state index contributed by atoms with van der Waals surface area (Å²) in [5, 5.41) is 13.4. The van der Waals surface area contributed by atoms with Crippen LogP contribution in [0.3, 0.4) is 0 Å². The Kier molecular flexibility index (Phi) is 8.18. The maximum Gasteiger partial charge on any atom is 0.339 e. The van der Waals surface area contributed by atoms with Crippen LogP contribution < -0.4 is 19.5 Å². The molecule has 0 fully saturated rings. The molecule has 10 nitrogen and oxygen atoms in total. The second-order valence-electron chi connectivity index (χ2n) is 6.21. The minimum absolute atomic E-state index is 0.106. The summed E-state index contributed by atoms with van der Waals surface area (Å²) in [6.45, 7) is 5.86. The molecule has 0 aliphatic rings. The first-order chi connectivity index (χ1) is 14.8. The van der Waals surface area contributed by atoms with Gasteiger partial charge in [-0.1, -0.05) is 0 Å². The summed E-state index contributed by atoms with van der Waals surface area (Å²) in [6, 6.07) is 8.34. The SMILES string of the molecule is CCOc1ccc(C(=O)O[C@H](C)C(=O)Nc2ccc([N+](=O)[O-])cc2OC)cc1OCC. The van der Waals surface area contributed by atoms with Crippen LogP contribution in [-0.2, 0) is 9.53 Å². The van der Waals surface area contributed by atoms with E-state index in [1.54, 1.807) is 13.0 Å². The van der Waals surface area contributed by atoms with Gasteiger partial charge in [0.05, 0.1) is 42.6 Å². The minimum atomic E-state index is -1.14. The number of non-ortho nitro benzene ring substituents is 1. The van der Waals surface area contributed by atoms with Gasteiger partial charge in [0.15, 0.2) is 17.6 Å². The van der Waals surface area contributed by atoms with Crippen molar-refractivity contribution in [1.29, 1.82) is 0 Å². The van der Waals surface area contributed by atoms with E-state index in [2.05, 4.69) is 5.32 Å². The van der Waals surface area contributed by atoms with Crippen molar-refractivity contribution < 1.29 is 33.5 Å². The van der Waals surface area contributed by atoms with Crippen molar-refractivity contribution in [3.63, 3.8) is 0 Å². The predicted octanol–water partition coefficient (Wildman–Crippen LogP) is 3.58. The van der Waals surface area contributed by atoms with E-state index in [-0.39, 0.29) is 22.7 Å². The van der Waals surface area contributed by atoms with Gasteiger partial charge in [-0.15, -0.1) is 0 Å². The fourth-order valence-electron chi connectivity index (χ4n) is 2.59. The number of nitrogens with zero attached hydrogens (tertiary/aromatic N) is 1. The van der Waals surface area contributed by atoms with E-state index in [1.165, 1.54) is 44.4 Å². The highest BCUT2D eigenvalue weighted by molar-refractivity contribution is 5.98. The maximum absolute atomic E-state index is 12.5. The van der Waals surface area contributed by atoms with Gasteiger partial charge >= 0.3 is 5.97 Å².